The summed E-state index contributed by atoms with van der Waals surface area (Å²) in [5, 5.41) is 9.74. The zero-order valence-electron chi connectivity index (χ0n) is 46.4. The van der Waals surface area contributed by atoms with Gasteiger partial charge in [0, 0.05) is 86.8 Å². The molecular formula is C59H80N12O6. The Morgan fingerprint density at radius 3 is 1.62 bits per heavy atom. The summed E-state index contributed by atoms with van der Waals surface area (Å²) in [4.78, 5) is 64.7. The van der Waals surface area contributed by atoms with Gasteiger partial charge in [0.1, 0.15) is 40.3 Å². The van der Waals surface area contributed by atoms with Gasteiger partial charge < -0.3 is 43.4 Å². The molecule has 0 radical (unpaired) electrons. The average molecular weight is 1050 g/mol. The Labute approximate surface area is 453 Å². The molecule has 3 amide bonds. The van der Waals surface area contributed by atoms with E-state index in [0.717, 1.165) is 162 Å². The maximum atomic E-state index is 13.4. The fraction of sp³-hybridized carbons (Fsp3) is 0.542. The monoisotopic (exact) mass is 1050 g/mol. The van der Waals surface area contributed by atoms with Crippen molar-refractivity contribution in [2.45, 2.75) is 143 Å². The van der Waals surface area contributed by atoms with Crippen molar-refractivity contribution in [1.82, 2.24) is 49.1 Å². The molecule has 4 saturated heterocycles. The molecular weight excluding hydrogens is 973 g/mol. The van der Waals surface area contributed by atoms with Gasteiger partial charge in [-0.25, -0.2) is 14.8 Å². The van der Waals surface area contributed by atoms with Crippen molar-refractivity contribution in [2.75, 3.05) is 76.1 Å². The third-order valence-corrected chi connectivity index (χ3v) is 15.2. The SMILES string of the molecule is CCN1CCC(Oc2cccc3nc(NC(=O)c4ccnc(C)c4)n([C@@H]4CCCCN(C(=O)OC(C)(C)C)C4)c23)CC1.CCN1CCC(Oc2cccc3nc(NC(=O)c4ccnc(C)c4)n([C@@H]4CCCCNC4)c23)CC1. The Bertz CT molecular complexity index is 2960. The average Bonchev–Trinajstić information content (AvgIpc) is 3.72. The van der Waals surface area contributed by atoms with Crippen molar-refractivity contribution in [3.05, 3.63) is 95.6 Å². The van der Waals surface area contributed by atoms with Crippen LogP contribution in [-0.4, -0.2) is 145 Å². The number of nitrogens with zero attached hydrogens (tertiary/aromatic N) is 9. The first kappa shape index (κ1) is 55.1. The second-order valence-electron chi connectivity index (χ2n) is 22.1. The topological polar surface area (TPSA) is 186 Å². The van der Waals surface area contributed by atoms with Crippen LogP contribution in [0.15, 0.2) is 73.1 Å². The van der Waals surface area contributed by atoms with Gasteiger partial charge in [0.25, 0.3) is 11.8 Å². The number of pyridine rings is 2. The number of anilines is 2. The van der Waals surface area contributed by atoms with Crippen LogP contribution in [0.1, 0.15) is 143 Å². The molecule has 0 spiro atoms. The van der Waals surface area contributed by atoms with Gasteiger partial charge in [-0.15, -0.1) is 0 Å². The van der Waals surface area contributed by atoms with E-state index in [2.05, 4.69) is 64.8 Å². The largest absolute Gasteiger partial charge is 0.488 e. The van der Waals surface area contributed by atoms with Gasteiger partial charge in [0.2, 0.25) is 11.9 Å². The fourth-order valence-electron chi connectivity index (χ4n) is 11.1. The molecule has 0 unspecified atom stereocenters. The van der Waals surface area contributed by atoms with Gasteiger partial charge in [-0.1, -0.05) is 32.4 Å². The Hall–Kier alpha value is -6.63. The van der Waals surface area contributed by atoms with E-state index in [1.165, 1.54) is 0 Å². The summed E-state index contributed by atoms with van der Waals surface area (Å²) in [5.41, 5.74) is 5.48. The quantitative estimate of drug-likeness (QED) is 0.105. The zero-order valence-corrected chi connectivity index (χ0v) is 46.4. The number of rotatable bonds is 12. The number of carbonyl (C=O) groups excluding carboxylic acids is 3. The number of carbonyl (C=O) groups is 3. The first-order valence-corrected chi connectivity index (χ1v) is 28.2. The predicted octanol–water partition coefficient (Wildman–Crippen LogP) is 9.99. The lowest BCUT2D eigenvalue weighted by atomic mass is 10.1. The number of benzene rings is 2. The summed E-state index contributed by atoms with van der Waals surface area (Å²) in [7, 11) is 0. The third kappa shape index (κ3) is 13.9. The van der Waals surface area contributed by atoms with Crippen LogP contribution >= 0.6 is 0 Å². The molecule has 412 valence electrons. The number of amides is 3. The van der Waals surface area contributed by atoms with Crippen LogP contribution in [0.25, 0.3) is 22.1 Å². The van der Waals surface area contributed by atoms with Gasteiger partial charge in [0.05, 0.1) is 17.1 Å². The van der Waals surface area contributed by atoms with Crippen LogP contribution in [0, 0.1) is 13.8 Å². The number of fused-ring (bicyclic) bond motifs is 2. The van der Waals surface area contributed by atoms with E-state index in [1.54, 1.807) is 41.6 Å². The van der Waals surface area contributed by atoms with E-state index in [1.807, 2.05) is 65.0 Å². The molecule has 4 aliphatic rings. The van der Waals surface area contributed by atoms with E-state index in [4.69, 9.17) is 24.2 Å². The van der Waals surface area contributed by atoms with Crippen LogP contribution in [0.4, 0.5) is 16.7 Å². The number of aromatic nitrogens is 6. The molecule has 3 N–H and O–H groups in total. The zero-order chi connectivity index (χ0) is 54.1. The maximum Gasteiger partial charge on any atom is 0.410 e. The summed E-state index contributed by atoms with van der Waals surface area (Å²) >= 11 is 0. The van der Waals surface area contributed by atoms with E-state index in [0.29, 0.717) is 36.1 Å². The van der Waals surface area contributed by atoms with Crippen molar-refractivity contribution in [3.63, 3.8) is 0 Å². The highest BCUT2D eigenvalue weighted by Gasteiger charge is 2.32. The molecule has 4 aromatic heterocycles. The molecule has 2 atom stereocenters. The third-order valence-electron chi connectivity index (χ3n) is 15.2. The van der Waals surface area contributed by atoms with E-state index >= 15 is 0 Å². The predicted molar refractivity (Wildman–Crippen MR) is 301 cm³/mol. The van der Waals surface area contributed by atoms with E-state index < -0.39 is 5.60 Å². The number of hydrogen-bond acceptors (Lipinski definition) is 13. The van der Waals surface area contributed by atoms with Gasteiger partial charge in [-0.3, -0.25) is 30.2 Å². The minimum atomic E-state index is -0.587. The standard InChI is InChI=1S/C32H44N6O4.C27H36N6O2/c1-6-36-18-14-25(15-19-36)41-27-12-9-11-26-28(27)38(30(34-26)35-29(39)23-13-16-33-22(2)20-23)24-10-7-8-17-37(21-24)31(40)42-32(3,4)5;1-3-32-15-11-22(12-16-32)35-24-9-6-8-23-25(24)33(21-7-4-5-13-28-18-21)27(30-23)31-26(34)20-10-14-29-19(2)17-20/h9,11-13,16,20,24-25H,6-8,10,14-15,17-19,21H2,1-5H3,(H,34,35,39);6,8-10,14,17,21-22,28H,3-5,7,11-13,15-16,18H2,1-2H3,(H,30,31,34)/t24-;21-/m11/s1. The molecule has 18 nitrogen and oxygen atoms in total. The van der Waals surface area contributed by atoms with Crippen molar-refractivity contribution in [3.8, 4) is 11.5 Å². The molecule has 2 aromatic carbocycles. The summed E-state index contributed by atoms with van der Waals surface area (Å²) in [5.74, 6) is 2.19. The number of aryl methyl sites for hydroxylation is 2. The first-order chi connectivity index (χ1) is 37.2. The molecule has 77 heavy (non-hydrogen) atoms. The van der Waals surface area contributed by atoms with Crippen molar-refractivity contribution >= 4 is 51.9 Å². The van der Waals surface area contributed by atoms with Gasteiger partial charge in [-0.05, 0) is 161 Å². The number of piperidine rings is 2. The molecule has 4 fully saturated rings. The summed E-state index contributed by atoms with van der Waals surface area (Å²) < 4.78 is 23.3. The molecule has 6 aromatic rings. The van der Waals surface area contributed by atoms with Crippen LogP contribution in [-0.2, 0) is 4.74 Å². The number of hydrogen-bond donors (Lipinski definition) is 3. The van der Waals surface area contributed by atoms with Gasteiger partial charge in [0.15, 0.2) is 0 Å². The van der Waals surface area contributed by atoms with E-state index in [9.17, 15) is 14.4 Å². The lowest BCUT2D eigenvalue weighted by Crippen LogP contribution is -2.39. The molecule has 0 aliphatic carbocycles. The summed E-state index contributed by atoms with van der Waals surface area (Å²) in [6.07, 6.45) is 13.2. The maximum absolute atomic E-state index is 13.4. The lowest BCUT2D eigenvalue weighted by molar-refractivity contribution is 0.0237. The Morgan fingerprint density at radius 2 is 1.13 bits per heavy atom. The highest BCUT2D eigenvalue weighted by molar-refractivity contribution is 6.05. The fourth-order valence-corrected chi connectivity index (χ4v) is 11.1. The normalized spacial score (nSPS) is 19.4. The van der Waals surface area contributed by atoms with Crippen LogP contribution in [0.5, 0.6) is 11.5 Å². The minimum Gasteiger partial charge on any atom is -0.488 e. The second kappa shape index (κ2) is 25.2. The molecule has 4 aliphatic heterocycles. The van der Waals surface area contributed by atoms with Gasteiger partial charge in [-0.2, -0.15) is 0 Å². The minimum absolute atomic E-state index is 0.104. The molecule has 18 heteroatoms. The number of ether oxygens (including phenoxy) is 3. The summed E-state index contributed by atoms with van der Waals surface area (Å²) in [6, 6.07) is 19.0. The van der Waals surface area contributed by atoms with Crippen LogP contribution in [0.3, 0.4) is 0 Å². The lowest BCUT2D eigenvalue weighted by Gasteiger charge is -2.32. The van der Waals surface area contributed by atoms with E-state index in [-0.39, 0.29) is 42.2 Å². The van der Waals surface area contributed by atoms with Gasteiger partial charge >= 0.3 is 6.09 Å². The second-order valence-corrected chi connectivity index (χ2v) is 22.1. The highest BCUT2D eigenvalue weighted by Crippen LogP contribution is 2.38. The number of imidazole rings is 2. The van der Waals surface area contributed by atoms with Crippen molar-refractivity contribution in [1.29, 1.82) is 0 Å². The van der Waals surface area contributed by atoms with Crippen LogP contribution in [0.2, 0.25) is 0 Å². The number of likely N-dealkylation sites (tertiary alicyclic amines) is 3. The number of nitrogens with one attached hydrogen (secondary N) is 3. The molecule has 0 bridgehead atoms. The Morgan fingerprint density at radius 1 is 0.636 bits per heavy atom. The molecule has 8 heterocycles. The van der Waals surface area contributed by atoms with Crippen LogP contribution < -0.4 is 25.4 Å². The highest BCUT2D eigenvalue weighted by atomic mass is 16.6. The van der Waals surface area contributed by atoms with Crippen molar-refractivity contribution in [2.24, 2.45) is 0 Å². The molecule has 10 rings (SSSR count). The number of para-hydroxylation sites is 2. The first-order valence-electron chi connectivity index (χ1n) is 28.2. The Kier molecular flexibility index (Phi) is 18.1. The van der Waals surface area contributed by atoms with Crippen molar-refractivity contribution < 1.29 is 28.6 Å². The smallest absolute Gasteiger partial charge is 0.410 e. The Balaban J connectivity index is 0.000000191. The molecule has 0 saturated carbocycles. The summed E-state index contributed by atoms with van der Waals surface area (Å²) in [6.45, 7) is 23.0.